The highest BCUT2D eigenvalue weighted by Gasteiger charge is 2.03. The van der Waals surface area contributed by atoms with Gasteiger partial charge in [-0.1, -0.05) is 0 Å². The van der Waals surface area contributed by atoms with E-state index < -0.39 is 0 Å². The van der Waals surface area contributed by atoms with Crippen molar-refractivity contribution in [2.75, 3.05) is 18.8 Å². The molecular formula is C11H15N3O2. The molecule has 86 valence electrons. The fourth-order valence-corrected chi connectivity index (χ4v) is 1.19. The Bertz CT molecular complexity index is 349. The van der Waals surface area contributed by atoms with E-state index in [1.807, 2.05) is 0 Å². The van der Waals surface area contributed by atoms with Crippen molar-refractivity contribution in [3.8, 4) is 0 Å². The monoisotopic (exact) mass is 221 g/mol. The second kappa shape index (κ2) is 6.44. The third-order valence-electron chi connectivity index (χ3n) is 2.04. The quantitative estimate of drug-likeness (QED) is 0.363. The highest BCUT2D eigenvalue weighted by molar-refractivity contribution is 5.94. The minimum atomic E-state index is -0.133. The summed E-state index contributed by atoms with van der Waals surface area (Å²) in [5, 5.41) is 5.26. The molecule has 0 bridgehead atoms. The average molecular weight is 221 g/mol. The van der Waals surface area contributed by atoms with Crippen molar-refractivity contribution < 1.29 is 9.59 Å². The lowest BCUT2D eigenvalue weighted by atomic mass is 10.2. The van der Waals surface area contributed by atoms with Gasteiger partial charge < -0.3 is 16.4 Å². The molecule has 0 aromatic heterocycles. The van der Waals surface area contributed by atoms with Crippen LogP contribution in [-0.2, 0) is 4.79 Å². The lowest BCUT2D eigenvalue weighted by Crippen LogP contribution is -2.27. The average Bonchev–Trinajstić information content (AvgIpc) is 2.29. The fourth-order valence-electron chi connectivity index (χ4n) is 1.19. The number of nitrogens with one attached hydrogen (secondary N) is 2. The van der Waals surface area contributed by atoms with E-state index in [9.17, 15) is 9.59 Å². The normalized spacial score (nSPS) is 9.50. The van der Waals surface area contributed by atoms with Crippen molar-refractivity contribution >= 4 is 18.0 Å². The fraction of sp³-hybridized carbons (Fsp3) is 0.273. The van der Waals surface area contributed by atoms with Crippen LogP contribution < -0.4 is 16.4 Å². The van der Waals surface area contributed by atoms with E-state index >= 15 is 0 Å². The summed E-state index contributed by atoms with van der Waals surface area (Å²) in [7, 11) is 0. The third kappa shape index (κ3) is 4.00. The molecule has 0 saturated heterocycles. The molecule has 0 spiro atoms. The van der Waals surface area contributed by atoms with E-state index in [1.54, 1.807) is 24.3 Å². The molecule has 4 N–H and O–H groups in total. The zero-order valence-corrected chi connectivity index (χ0v) is 8.90. The molecule has 0 atom stereocenters. The van der Waals surface area contributed by atoms with Crippen LogP contribution in [0.25, 0.3) is 0 Å². The first kappa shape index (κ1) is 12.0. The number of hydrogen-bond acceptors (Lipinski definition) is 3. The number of hydrogen-bond donors (Lipinski definition) is 3. The lowest BCUT2D eigenvalue weighted by molar-refractivity contribution is -0.109. The van der Waals surface area contributed by atoms with Gasteiger partial charge >= 0.3 is 0 Å². The zero-order chi connectivity index (χ0) is 11.8. The van der Waals surface area contributed by atoms with Gasteiger partial charge in [0.15, 0.2) is 0 Å². The number of nitrogens with two attached hydrogens (primary N) is 1. The van der Waals surface area contributed by atoms with Crippen molar-refractivity contribution in [2.24, 2.45) is 0 Å². The maximum atomic E-state index is 11.5. The molecule has 0 unspecified atom stereocenters. The summed E-state index contributed by atoms with van der Waals surface area (Å²) < 4.78 is 0. The number of anilines is 1. The van der Waals surface area contributed by atoms with Crippen molar-refractivity contribution in [2.45, 2.75) is 6.42 Å². The van der Waals surface area contributed by atoms with Gasteiger partial charge in [0, 0.05) is 24.3 Å². The van der Waals surface area contributed by atoms with Crippen molar-refractivity contribution in [1.29, 1.82) is 0 Å². The van der Waals surface area contributed by atoms with E-state index in [1.165, 1.54) is 0 Å². The molecule has 0 heterocycles. The van der Waals surface area contributed by atoms with E-state index in [4.69, 9.17) is 5.73 Å². The maximum absolute atomic E-state index is 11.5. The first-order valence-electron chi connectivity index (χ1n) is 5.05. The Kier molecular flexibility index (Phi) is 4.85. The molecule has 5 nitrogen and oxygen atoms in total. The van der Waals surface area contributed by atoms with Crippen LogP contribution in [0.3, 0.4) is 0 Å². The smallest absolute Gasteiger partial charge is 0.251 e. The maximum Gasteiger partial charge on any atom is 0.251 e. The molecule has 1 aromatic carbocycles. The highest BCUT2D eigenvalue weighted by Crippen LogP contribution is 2.04. The van der Waals surface area contributed by atoms with Crippen LogP contribution in [0.5, 0.6) is 0 Å². The standard InChI is InChI=1S/C11H15N3O2/c12-10-4-2-9(3-5-10)11(16)14-7-1-6-13-8-15/h2-5,8H,1,6-7,12H2,(H,13,15)(H,14,16). The van der Waals surface area contributed by atoms with E-state index in [0.29, 0.717) is 37.2 Å². The minimum absolute atomic E-state index is 0.133. The number of carbonyl (C=O) groups is 2. The van der Waals surface area contributed by atoms with Gasteiger partial charge in [0.1, 0.15) is 0 Å². The predicted octanol–water partition coefficient (Wildman–Crippen LogP) is 0.135. The molecule has 1 aromatic rings. The Balaban J connectivity index is 2.29. The molecule has 16 heavy (non-hydrogen) atoms. The topological polar surface area (TPSA) is 84.2 Å². The van der Waals surface area contributed by atoms with E-state index in [-0.39, 0.29) is 5.91 Å². The van der Waals surface area contributed by atoms with Gasteiger partial charge in [-0.05, 0) is 30.7 Å². The zero-order valence-electron chi connectivity index (χ0n) is 8.90. The number of nitrogen functional groups attached to an aromatic ring is 1. The molecule has 0 saturated carbocycles. The van der Waals surface area contributed by atoms with E-state index in [0.717, 1.165) is 0 Å². The largest absolute Gasteiger partial charge is 0.399 e. The summed E-state index contributed by atoms with van der Waals surface area (Å²) in [6.07, 6.45) is 1.35. The Morgan fingerprint density at radius 2 is 1.94 bits per heavy atom. The Morgan fingerprint density at radius 1 is 1.25 bits per heavy atom. The Hall–Kier alpha value is -2.04. The number of rotatable bonds is 6. The molecule has 0 aliphatic heterocycles. The molecule has 1 rings (SSSR count). The summed E-state index contributed by atoms with van der Waals surface area (Å²) in [6, 6.07) is 6.72. The van der Waals surface area contributed by atoms with Gasteiger partial charge in [0.25, 0.3) is 5.91 Å². The van der Waals surface area contributed by atoms with Crippen LogP contribution in [0.15, 0.2) is 24.3 Å². The van der Waals surface area contributed by atoms with Crippen molar-refractivity contribution in [1.82, 2.24) is 10.6 Å². The molecule has 0 fully saturated rings. The number of amides is 2. The van der Waals surface area contributed by atoms with Crippen LogP contribution >= 0.6 is 0 Å². The molecule has 0 aliphatic carbocycles. The minimum Gasteiger partial charge on any atom is -0.399 e. The van der Waals surface area contributed by atoms with Crippen LogP contribution in [0.4, 0.5) is 5.69 Å². The first-order valence-corrected chi connectivity index (χ1v) is 5.05. The molecule has 2 amide bonds. The van der Waals surface area contributed by atoms with Crippen LogP contribution in [0.1, 0.15) is 16.8 Å². The lowest BCUT2D eigenvalue weighted by Gasteiger charge is -2.04. The summed E-state index contributed by atoms with van der Waals surface area (Å²) >= 11 is 0. The van der Waals surface area contributed by atoms with Gasteiger partial charge in [0.2, 0.25) is 6.41 Å². The molecule has 0 radical (unpaired) electrons. The van der Waals surface area contributed by atoms with Crippen LogP contribution in [0, 0.1) is 0 Å². The van der Waals surface area contributed by atoms with E-state index in [2.05, 4.69) is 10.6 Å². The molecular weight excluding hydrogens is 206 g/mol. The molecule has 0 aliphatic rings. The van der Waals surface area contributed by atoms with Gasteiger partial charge in [0.05, 0.1) is 0 Å². The first-order chi connectivity index (χ1) is 7.74. The second-order valence-corrected chi connectivity index (χ2v) is 3.30. The number of carbonyl (C=O) groups excluding carboxylic acids is 2. The number of benzene rings is 1. The van der Waals surface area contributed by atoms with Gasteiger partial charge in [-0.25, -0.2) is 0 Å². The predicted molar refractivity (Wildman–Crippen MR) is 61.9 cm³/mol. The Labute approximate surface area is 94.0 Å². The highest BCUT2D eigenvalue weighted by atomic mass is 16.1. The molecule has 5 heteroatoms. The summed E-state index contributed by atoms with van der Waals surface area (Å²) in [5.74, 6) is -0.133. The summed E-state index contributed by atoms with van der Waals surface area (Å²) in [5.41, 5.74) is 6.72. The van der Waals surface area contributed by atoms with Gasteiger partial charge in [-0.3, -0.25) is 9.59 Å². The van der Waals surface area contributed by atoms with Gasteiger partial charge in [-0.2, -0.15) is 0 Å². The van der Waals surface area contributed by atoms with Crippen molar-refractivity contribution in [3.63, 3.8) is 0 Å². The summed E-state index contributed by atoms with van der Waals surface area (Å²) in [4.78, 5) is 21.5. The second-order valence-electron chi connectivity index (χ2n) is 3.30. The van der Waals surface area contributed by atoms with Gasteiger partial charge in [-0.15, -0.1) is 0 Å². The van der Waals surface area contributed by atoms with Crippen molar-refractivity contribution in [3.05, 3.63) is 29.8 Å². The Morgan fingerprint density at radius 3 is 2.56 bits per heavy atom. The summed E-state index contributed by atoms with van der Waals surface area (Å²) in [6.45, 7) is 1.09. The van der Waals surface area contributed by atoms with Crippen LogP contribution in [-0.4, -0.2) is 25.4 Å². The third-order valence-corrected chi connectivity index (χ3v) is 2.04. The SMILES string of the molecule is Nc1ccc(C(=O)NCCCNC=O)cc1. The van der Waals surface area contributed by atoms with Crippen LogP contribution in [0.2, 0.25) is 0 Å².